The van der Waals surface area contributed by atoms with Crippen LogP contribution in [-0.2, 0) is 0 Å². The van der Waals surface area contributed by atoms with Crippen molar-refractivity contribution in [2.45, 2.75) is 70.2 Å². The maximum absolute atomic E-state index is 6.46. The third-order valence-corrected chi connectivity index (χ3v) is 6.69. The van der Waals surface area contributed by atoms with Crippen molar-refractivity contribution in [1.82, 2.24) is 15.2 Å². The molecule has 1 atom stereocenters. The third kappa shape index (κ3) is 6.20. The molecule has 1 aromatic heterocycles. The molecule has 1 N–H and O–H groups in total. The lowest BCUT2D eigenvalue weighted by Crippen LogP contribution is -2.18. The molecule has 0 radical (unpaired) electrons. The maximum Gasteiger partial charge on any atom is 0.247 e. The lowest BCUT2D eigenvalue weighted by atomic mass is 10.1. The molecule has 0 fully saturated rings. The summed E-state index contributed by atoms with van der Waals surface area (Å²) in [5.41, 5.74) is 3.46. The van der Waals surface area contributed by atoms with Crippen LogP contribution < -0.4 is 14.8 Å². The molecule has 34 heavy (non-hydrogen) atoms. The Balaban J connectivity index is 1.59. The van der Waals surface area contributed by atoms with Gasteiger partial charge in [0.2, 0.25) is 17.3 Å². The van der Waals surface area contributed by atoms with Gasteiger partial charge in [0.05, 0.1) is 12.2 Å². The Kier molecular flexibility index (Phi) is 9.02. The standard InChI is InChI=1S/C27H34N4O2S/c1-3-5-7-13-19-34-27-29-26-24(30-31-27)20-14-8-10-16-22(20)28-25(33-26)21-15-9-11-17-23(21)32-18-12-6-4-2/h8-11,14-17,25,28H,3-7,12-13,18-19H2,1-2H3/t25-/m1/s1. The number of thioether (sulfide) groups is 1. The molecular weight excluding hydrogens is 444 g/mol. The van der Waals surface area contributed by atoms with Crippen molar-refractivity contribution in [2.75, 3.05) is 17.7 Å². The first-order chi connectivity index (χ1) is 16.8. The Hall–Kier alpha value is -2.80. The predicted octanol–water partition coefficient (Wildman–Crippen LogP) is 7.28. The SMILES string of the molecule is CCCCCCSc1nnc2c(n1)O[C@H](c1ccccc1OCCCCC)Nc1ccccc1-2. The number of anilines is 1. The average molecular weight is 479 g/mol. The lowest BCUT2D eigenvalue weighted by molar-refractivity contribution is 0.215. The smallest absolute Gasteiger partial charge is 0.247 e. The molecule has 0 saturated carbocycles. The number of unbranched alkanes of at least 4 members (excludes halogenated alkanes) is 5. The molecular formula is C27H34N4O2S. The number of ether oxygens (including phenoxy) is 2. The summed E-state index contributed by atoms with van der Waals surface area (Å²) >= 11 is 1.64. The quantitative estimate of drug-likeness (QED) is 0.217. The minimum atomic E-state index is -0.455. The normalized spacial score (nSPS) is 14.4. The minimum Gasteiger partial charge on any atom is -0.493 e. The van der Waals surface area contributed by atoms with Crippen LogP contribution in [0, 0.1) is 0 Å². The molecule has 1 aliphatic rings. The number of para-hydroxylation sites is 2. The van der Waals surface area contributed by atoms with Gasteiger partial charge in [-0.2, -0.15) is 4.98 Å². The van der Waals surface area contributed by atoms with E-state index in [1.165, 1.54) is 19.3 Å². The minimum absolute atomic E-state index is 0.455. The monoisotopic (exact) mass is 478 g/mol. The third-order valence-electron chi connectivity index (χ3n) is 5.77. The van der Waals surface area contributed by atoms with Crippen LogP contribution in [0.5, 0.6) is 11.6 Å². The van der Waals surface area contributed by atoms with E-state index >= 15 is 0 Å². The summed E-state index contributed by atoms with van der Waals surface area (Å²) in [7, 11) is 0. The predicted molar refractivity (Wildman–Crippen MR) is 139 cm³/mol. The van der Waals surface area contributed by atoms with E-state index in [9.17, 15) is 0 Å². The number of fused-ring (bicyclic) bond motifs is 3. The van der Waals surface area contributed by atoms with Gasteiger partial charge < -0.3 is 14.8 Å². The van der Waals surface area contributed by atoms with Gasteiger partial charge in [0.15, 0.2) is 5.69 Å². The van der Waals surface area contributed by atoms with Gasteiger partial charge in [-0.3, -0.25) is 0 Å². The van der Waals surface area contributed by atoms with Crippen LogP contribution in [-0.4, -0.2) is 27.5 Å². The Morgan fingerprint density at radius 2 is 1.71 bits per heavy atom. The van der Waals surface area contributed by atoms with Crippen LogP contribution in [0.25, 0.3) is 11.3 Å². The van der Waals surface area contributed by atoms with Gasteiger partial charge in [-0.15, -0.1) is 10.2 Å². The second-order valence-corrected chi connectivity index (χ2v) is 9.50. The highest BCUT2D eigenvalue weighted by Crippen LogP contribution is 2.41. The van der Waals surface area contributed by atoms with E-state index in [1.54, 1.807) is 11.8 Å². The van der Waals surface area contributed by atoms with Crippen molar-refractivity contribution in [3.63, 3.8) is 0 Å². The molecule has 2 heterocycles. The largest absolute Gasteiger partial charge is 0.493 e. The molecule has 0 spiro atoms. The fraction of sp³-hybridized carbons (Fsp3) is 0.444. The molecule has 0 amide bonds. The number of nitrogens with one attached hydrogen (secondary N) is 1. The summed E-state index contributed by atoms with van der Waals surface area (Å²) in [5.74, 6) is 2.30. The van der Waals surface area contributed by atoms with Gasteiger partial charge in [-0.1, -0.05) is 88.0 Å². The van der Waals surface area contributed by atoms with Crippen LogP contribution in [0.15, 0.2) is 53.7 Å². The topological polar surface area (TPSA) is 69.2 Å². The maximum atomic E-state index is 6.46. The number of nitrogens with zero attached hydrogens (tertiary/aromatic N) is 3. The molecule has 6 nitrogen and oxygen atoms in total. The van der Waals surface area contributed by atoms with Crippen LogP contribution in [0.2, 0.25) is 0 Å². The number of aromatic nitrogens is 3. The zero-order valence-electron chi connectivity index (χ0n) is 20.1. The van der Waals surface area contributed by atoms with E-state index in [0.29, 0.717) is 23.3 Å². The van der Waals surface area contributed by atoms with Gasteiger partial charge in [0.25, 0.3) is 0 Å². The van der Waals surface area contributed by atoms with E-state index in [0.717, 1.165) is 54.0 Å². The first kappa shape index (κ1) is 24.3. The molecule has 0 aliphatic carbocycles. The van der Waals surface area contributed by atoms with E-state index in [-0.39, 0.29) is 0 Å². The number of hydrogen-bond donors (Lipinski definition) is 1. The summed E-state index contributed by atoms with van der Waals surface area (Å²) in [5, 5.41) is 13.1. The molecule has 0 bridgehead atoms. The number of benzene rings is 2. The van der Waals surface area contributed by atoms with Gasteiger partial charge in [0.1, 0.15) is 5.75 Å². The zero-order chi connectivity index (χ0) is 23.6. The van der Waals surface area contributed by atoms with Crippen LogP contribution in [0.4, 0.5) is 5.69 Å². The molecule has 3 aromatic rings. The average Bonchev–Trinajstić information content (AvgIpc) is 3.03. The van der Waals surface area contributed by atoms with Crippen molar-refractivity contribution < 1.29 is 9.47 Å². The Morgan fingerprint density at radius 3 is 2.59 bits per heavy atom. The Bertz CT molecular complexity index is 1060. The summed E-state index contributed by atoms with van der Waals surface area (Å²) < 4.78 is 12.6. The molecule has 7 heteroatoms. The number of hydrogen-bond acceptors (Lipinski definition) is 7. The highest BCUT2D eigenvalue weighted by molar-refractivity contribution is 7.99. The van der Waals surface area contributed by atoms with Crippen molar-refractivity contribution in [3.8, 4) is 22.9 Å². The van der Waals surface area contributed by atoms with E-state index in [2.05, 4.69) is 29.4 Å². The Labute approximate surface area is 206 Å². The van der Waals surface area contributed by atoms with Crippen molar-refractivity contribution >= 4 is 17.4 Å². The van der Waals surface area contributed by atoms with Gasteiger partial charge >= 0.3 is 0 Å². The van der Waals surface area contributed by atoms with E-state index < -0.39 is 6.23 Å². The van der Waals surface area contributed by atoms with Gasteiger partial charge in [-0.25, -0.2) is 0 Å². The molecule has 1 aliphatic heterocycles. The number of rotatable bonds is 12. The van der Waals surface area contributed by atoms with Gasteiger partial charge in [-0.05, 0) is 31.0 Å². The summed E-state index contributed by atoms with van der Waals surface area (Å²) in [4.78, 5) is 4.77. The fourth-order valence-corrected chi connectivity index (χ4v) is 4.68. The second-order valence-electron chi connectivity index (χ2n) is 8.44. The summed E-state index contributed by atoms with van der Waals surface area (Å²) in [6.07, 6.45) is 7.77. The van der Waals surface area contributed by atoms with E-state index in [4.69, 9.17) is 14.5 Å². The second kappa shape index (κ2) is 12.6. The molecule has 0 unspecified atom stereocenters. The molecule has 4 rings (SSSR count). The molecule has 180 valence electrons. The molecule has 0 saturated heterocycles. The summed E-state index contributed by atoms with van der Waals surface area (Å²) in [6.45, 7) is 5.10. The van der Waals surface area contributed by atoms with Crippen LogP contribution in [0.1, 0.15) is 70.6 Å². The highest BCUT2D eigenvalue weighted by Gasteiger charge is 2.27. The van der Waals surface area contributed by atoms with Crippen LogP contribution >= 0.6 is 11.8 Å². The summed E-state index contributed by atoms with van der Waals surface area (Å²) in [6, 6.07) is 16.1. The van der Waals surface area contributed by atoms with E-state index in [1.807, 2.05) is 48.5 Å². The Morgan fingerprint density at radius 1 is 0.912 bits per heavy atom. The van der Waals surface area contributed by atoms with Crippen molar-refractivity contribution in [2.24, 2.45) is 0 Å². The lowest BCUT2D eigenvalue weighted by Gasteiger charge is -2.22. The van der Waals surface area contributed by atoms with Crippen molar-refractivity contribution in [3.05, 3.63) is 54.1 Å². The van der Waals surface area contributed by atoms with Crippen LogP contribution in [0.3, 0.4) is 0 Å². The zero-order valence-corrected chi connectivity index (χ0v) is 20.9. The van der Waals surface area contributed by atoms with Crippen molar-refractivity contribution in [1.29, 1.82) is 0 Å². The van der Waals surface area contributed by atoms with Gasteiger partial charge in [0, 0.05) is 17.0 Å². The fourth-order valence-electron chi connectivity index (χ4n) is 3.90. The highest BCUT2D eigenvalue weighted by atomic mass is 32.2. The first-order valence-electron chi connectivity index (χ1n) is 12.4. The molecule has 2 aromatic carbocycles. The first-order valence-corrected chi connectivity index (χ1v) is 13.4.